The molecule has 1 heterocycles. The van der Waals surface area contributed by atoms with Crippen molar-refractivity contribution in [3.05, 3.63) is 18.0 Å². The maximum atomic E-state index is 4.30. The molecule has 0 bridgehead atoms. The summed E-state index contributed by atoms with van der Waals surface area (Å²) in [5.74, 6) is 1.88. The highest BCUT2D eigenvalue weighted by Gasteiger charge is 2.19. The van der Waals surface area contributed by atoms with Crippen molar-refractivity contribution in [2.75, 3.05) is 12.3 Å². The minimum atomic E-state index is 0.721. The van der Waals surface area contributed by atoms with Crippen LogP contribution in [0, 0.1) is 12.8 Å². The van der Waals surface area contributed by atoms with Gasteiger partial charge in [-0.05, 0) is 31.2 Å². The quantitative estimate of drug-likeness (QED) is 0.504. The number of aromatic nitrogens is 2. The van der Waals surface area contributed by atoms with E-state index >= 15 is 0 Å². The largest absolute Gasteiger partial charge is 0.313 e. The maximum Gasteiger partial charge on any atom is 0.187 e. The average Bonchev–Trinajstić information content (AvgIpc) is 2.39. The SMILES string of the molecule is Cc1cnc(SCCNC2CCCCC2C)nc1. The van der Waals surface area contributed by atoms with Gasteiger partial charge in [-0.2, -0.15) is 0 Å². The van der Waals surface area contributed by atoms with Crippen LogP contribution in [0.25, 0.3) is 0 Å². The molecule has 2 rings (SSSR count). The zero-order valence-electron chi connectivity index (χ0n) is 11.4. The van der Waals surface area contributed by atoms with E-state index in [9.17, 15) is 0 Å². The lowest BCUT2D eigenvalue weighted by molar-refractivity contribution is 0.285. The molecule has 1 aromatic rings. The van der Waals surface area contributed by atoms with Gasteiger partial charge in [0, 0.05) is 30.7 Å². The summed E-state index contributed by atoms with van der Waals surface area (Å²) in [4.78, 5) is 8.60. The van der Waals surface area contributed by atoms with Crippen LogP contribution in [0.1, 0.15) is 38.2 Å². The molecule has 3 nitrogen and oxygen atoms in total. The first kappa shape index (κ1) is 13.8. The predicted octanol–water partition coefficient (Wildman–Crippen LogP) is 3.05. The van der Waals surface area contributed by atoms with Crippen LogP contribution in [0.3, 0.4) is 0 Å². The average molecular weight is 265 g/mol. The van der Waals surface area contributed by atoms with Crippen molar-refractivity contribution in [2.45, 2.75) is 50.7 Å². The maximum absolute atomic E-state index is 4.30. The van der Waals surface area contributed by atoms with Crippen LogP contribution >= 0.6 is 11.8 Å². The monoisotopic (exact) mass is 265 g/mol. The van der Waals surface area contributed by atoms with E-state index in [1.54, 1.807) is 11.8 Å². The molecule has 1 fully saturated rings. The van der Waals surface area contributed by atoms with Gasteiger partial charge in [0.25, 0.3) is 0 Å². The highest BCUT2D eigenvalue weighted by atomic mass is 32.2. The first-order valence-corrected chi connectivity index (χ1v) is 7.89. The van der Waals surface area contributed by atoms with E-state index in [1.807, 2.05) is 19.3 Å². The summed E-state index contributed by atoms with van der Waals surface area (Å²) in [6, 6.07) is 0.721. The first-order chi connectivity index (χ1) is 8.75. The molecule has 4 heteroatoms. The summed E-state index contributed by atoms with van der Waals surface area (Å²) in [6.07, 6.45) is 9.28. The normalized spacial score (nSPS) is 24.1. The zero-order valence-corrected chi connectivity index (χ0v) is 12.2. The van der Waals surface area contributed by atoms with Crippen LogP contribution in [0.2, 0.25) is 0 Å². The number of rotatable bonds is 5. The molecule has 0 aromatic carbocycles. The first-order valence-electron chi connectivity index (χ1n) is 6.90. The zero-order chi connectivity index (χ0) is 12.8. The number of hydrogen-bond donors (Lipinski definition) is 1. The van der Waals surface area contributed by atoms with Gasteiger partial charge in [0.15, 0.2) is 5.16 Å². The van der Waals surface area contributed by atoms with Gasteiger partial charge < -0.3 is 5.32 Å². The van der Waals surface area contributed by atoms with Crippen LogP contribution in [0.15, 0.2) is 17.6 Å². The van der Waals surface area contributed by atoms with E-state index in [4.69, 9.17) is 0 Å². The fourth-order valence-corrected chi connectivity index (χ4v) is 3.12. The summed E-state index contributed by atoms with van der Waals surface area (Å²) in [6.45, 7) is 5.43. The molecular formula is C14H23N3S. The Morgan fingerprint density at radius 3 is 2.72 bits per heavy atom. The van der Waals surface area contributed by atoms with E-state index in [1.165, 1.54) is 25.7 Å². The summed E-state index contributed by atoms with van der Waals surface area (Å²) in [5.41, 5.74) is 1.12. The summed E-state index contributed by atoms with van der Waals surface area (Å²) >= 11 is 1.73. The number of nitrogens with one attached hydrogen (secondary N) is 1. The molecule has 1 aliphatic rings. The second kappa shape index (κ2) is 7.10. The molecule has 0 spiro atoms. The van der Waals surface area contributed by atoms with Crippen molar-refractivity contribution in [1.82, 2.24) is 15.3 Å². The molecule has 0 radical (unpaired) electrons. The highest BCUT2D eigenvalue weighted by Crippen LogP contribution is 2.23. The summed E-state index contributed by atoms with van der Waals surface area (Å²) in [7, 11) is 0. The smallest absolute Gasteiger partial charge is 0.187 e. The summed E-state index contributed by atoms with van der Waals surface area (Å²) < 4.78 is 0. The molecule has 2 unspecified atom stereocenters. The fraction of sp³-hybridized carbons (Fsp3) is 0.714. The lowest BCUT2D eigenvalue weighted by Gasteiger charge is -2.29. The molecular weight excluding hydrogens is 242 g/mol. The lowest BCUT2D eigenvalue weighted by Crippen LogP contribution is -2.38. The third kappa shape index (κ3) is 4.25. The molecule has 0 amide bonds. The van der Waals surface area contributed by atoms with Crippen LogP contribution in [0.5, 0.6) is 0 Å². The third-order valence-corrected chi connectivity index (χ3v) is 4.49. The van der Waals surface area contributed by atoms with E-state index < -0.39 is 0 Å². The summed E-state index contributed by atoms with van der Waals surface area (Å²) in [5, 5.41) is 4.56. The van der Waals surface area contributed by atoms with Crippen molar-refractivity contribution in [1.29, 1.82) is 0 Å². The molecule has 1 aromatic heterocycles. The lowest BCUT2D eigenvalue weighted by atomic mass is 9.86. The molecule has 1 aliphatic carbocycles. The number of nitrogens with zero attached hydrogens (tertiary/aromatic N) is 2. The number of aryl methyl sites for hydroxylation is 1. The van der Waals surface area contributed by atoms with Gasteiger partial charge in [0.1, 0.15) is 0 Å². The number of hydrogen-bond acceptors (Lipinski definition) is 4. The second-order valence-electron chi connectivity index (χ2n) is 5.21. The molecule has 2 atom stereocenters. The van der Waals surface area contributed by atoms with Gasteiger partial charge in [-0.3, -0.25) is 0 Å². The number of thioether (sulfide) groups is 1. The second-order valence-corrected chi connectivity index (χ2v) is 6.28. The van der Waals surface area contributed by atoms with Crippen LogP contribution in [0.4, 0.5) is 0 Å². The molecule has 18 heavy (non-hydrogen) atoms. The van der Waals surface area contributed by atoms with Gasteiger partial charge in [0.2, 0.25) is 0 Å². The van der Waals surface area contributed by atoms with Crippen molar-refractivity contribution in [3.8, 4) is 0 Å². The molecule has 1 N–H and O–H groups in total. The van der Waals surface area contributed by atoms with Gasteiger partial charge in [-0.1, -0.05) is 31.5 Å². The van der Waals surface area contributed by atoms with Crippen LogP contribution < -0.4 is 5.32 Å². The third-order valence-electron chi connectivity index (χ3n) is 3.61. The Morgan fingerprint density at radius 1 is 1.28 bits per heavy atom. The minimum absolute atomic E-state index is 0.721. The Kier molecular flexibility index (Phi) is 5.45. The Labute approximate surface area is 114 Å². The highest BCUT2D eigenvalue weighted by molar-refractivity contribution is 7.99. The van der Waals surface area contributed by atoms with Crippen molar-refractivity contribution in [3.63, 3.8) is 0 Å². The molecule has 100 valence electrons. The van der Waals surface area contributed by atoms with Gasteiger partial charge >= 0.3 is 0 Å². The van der Waals surface area contributed by atoms with E-state index in [0.717, 1.165) is 35.0 Å². The molecule has 0 saturated heterocycles. The Bertz CT molecular complexity index is 353. The van der Waals surface area contributed by atoms with Crippen molar-refractivity contribution >= 4 is 11.8 Å². The van der Waals surface area contributed by atoms with E-state index in [-0.39, 0.29) is 0 Å². The topological polar surface area (TPSA) is 37.8 Å². The van der Waals surface area contributed by atoms with Crippen molar-refractivity contribution in [2.24, 2.45) is 5.92 Å². The van der Waals surface area contributed by atoms with Crippen LogP contribution in [-0.2, 0) is 0 Å². The van der Waals surface area contributed by atoms with E-state index in [0.29, 0.717) is 0 Å². The van der Waals surface area contributed by atoms with Crippen molar-refractivity contribution < 1.29 is 0 Å². The Morgan fingerprint density at radius 2 is 2.00 bits per heavy atom. The Hall–Kier alpha value is -0.610. The van der Waals surface area contributed by atoms with Gasteiger partial charge in [0.05, 0.1) is 0 Å². The molecule has 1 saturated carbocycles. The fourth-order valence-electron chi connectivity index (χ4n) is 2.46. The molecule has 0 aliphatic heterocycles. The Balaban J connectivity index is 1.65. The van der Waals surface area contributed by atoms with E-state index in [2.05, 4.69) is 22.2 Å². The van der Waals surface area contributed by atoms with Gasteiger partial charge in [-0.15, -0.1) is 0 Å². The minimum Gasteiger partial charge on any atom is -0.313 e. The van der Waals surface area contributed by atoms with Crippen LogP contribution in [-0.4, -0.2) is 28.3 Å². The van der Waals surface area contributed by atoms with Gasteiger partial charge in [-0.25, -0.2) is 9.97 Å². The standard InChI is InChI=1S/C14H23N3S/c1-11-9-16-14(17-10-11)18-8-7-15-13-6-4-3-5-12(13)2/h9-10,12-13,15H,3-8H2,1-2H3. The predicted molar refractivity (Wildman–Crippen MR) is 76.9 cm³/mol.